The zero-order valence-electron chi connectivity index (χ0n) is 18.0. The summed E-state index contributed by atoms with van der Waals surface area (Å²) in [5, 5.41) is 10.9. The summed E-state index contributed by atoms with van der Waals surface area (Å²) in [4.78, 5) is 4.31. The Morgan fingerprint density at radius 3 is 2.79 bits per heavy atom. The zero-order valence-corrected chi connectivity index (χ0v) is 18.0. The Kier molecular flexibility index (Phi) is 8.85. The van der Waals surface area contributed by atoms with Gasteiger partial charge in [-0.3, -0.25) is 9.67 Å². The predicted molar refractivity (Wildman–Crippen MR) is 116 cm³/mol. The second-order valence-electron chi connectivity index (χ2n) is 7.62. The van der Waals surface area contributed by atoms with E-state index in [0.717, 1.165) is 43.3 Å². The molecule has 0 unspecified atom stereocenters. The molecule has 1 aromatic carbocycles. The molecule has 0 aliphatic rings. The van der Waals surface area contributed by atoms with E-state index in [1.807, 2.05) is 24.1 Å². The Hall–Kier alpha value is -2.50. The minimum Gasteiger partial charge on any atom is -0.493 e. The van der Waals surface area contributed by atoms with Crippen LogP contribution in [0.15, 0.2) is 35.6 Å². The van der Waals surface area contributed by atoms with Gasteiger partial charge in [0.05, 0.1) is 12.8 Å². The third-order valence-corrected chi connectivity index (χ3v) is 4.54. The first-order valence-corrected chi connectivity index (χ1v) is 10.1. The van der Waals surface area contributed by atoms with Gasteiger partial charge in [0.15, 0.2) is 5.96 Å². The van der Waals surface area contributed by atoms with E-state index in [4.69, 9.17) is 4.74 Å². The van der Waals surface area contributed by atoms with Crippen LogP contribution in [0, 0.1) is 12.8 Å². The largest absolute Gasteiger partial charge is 0.493 e. The number of ether oxygens (including phenoxy) is 1. The average Bonchev–Trinajstić information content (AvgIpc) is 3.07. The van der Waals surface area contributed by atoms with E-state index in [9.17, 15) is 0 Å². The normalized spacial score (nSPS) is 11.7. The van der Waals surface area contributed by atoms with Crippen molar-refractivity contribution in [3.63, 3.8) is 0 Å². The summed E-state index contributed by atoms with van der Waals surface area (Å²) in [6, 6.07) is 6.37. The number of hydrogen-bond acceptors (Lipinski definition) is 3. The summed E-state index contributed by atoms with van der Waals surface area (Å²) in [7, 11) is 3.72. The molecule has 1 aromatic heterocycles. The molecule has 1 heterocycles. The van der Waals surface area contributed by atoms with Crippen LogP contribution in [-0.2, 0) is 20.0 Å². The molecular formula is C22H35N5O. The summed E-state index contributed by atoms with van der Waals surface area (Å²) < 4.78 is 7.89. The Balaban J connectivity index is 1.83. The summed E-state index contributed by atoms with van der Waals surface area (Å²) >= 11 is 0. The van der Waals surface area contributed by atoms with Crippen molar-refractivity contribution in [2.24, 2.45) is 18.0 Å². The second-order valence-corrected chi connectivity index (χ2v) is 7.62. The van der Waals surface area contributed by atoms with Crippen molar-refractivity contribution in [1.82, 2.24) is 20.4 Å². The maximum Gasteiger partial charge on any atom is 0.191 e. The molecule has 154 valence electrons. The van der Waals surface area contributed by atoms with Gasteiger partial charge in [-0.25, -0.2) is 0 Å². The van der Waals surface area contributed by atoms with Crippen LogP contribution >= 0.6 is 0 Å². The fourth-order valence-corrected chi connectivity index (χ4v) is 2.94. The number of aryl methyl sites for hydroxylation is 2. The van der Waals surface area contributed by atoms with Gasteiger partial charge < -0.3 is 15.4 Å². The topological polar surface area (TPSA) is 63.5 Å². The molecule has 0 aliphatic carbocycles. The van der Waals surface area contributed by atoms with Crippen LogP contribution in [-0.4, -0.2) is 35.9 Å². The lowest BCUT2D eigenvalue weighted by Crippen LogP contribution is -2.37. The van der Waals surface area contributed by atoms with Crippen molar-refractivity contribution in [2.75, 3.05) is 20.2 Å². The van der Waals surface area contributed by atoms with Crippen LogP contribution in [0.3, 0.4) is 0 Å². The fraction of sp³-hybridized carbons (Fsp3) is 0.545. The van der Waals surface area contributed by atoms with Gasteiger partial charge >= 0.3 is 0 Å². The SMILES string of the molecule is CN=C(NCCc1cnn(C)c1)NCc1ccc(C)cc1OCCCC(C)C. The zero-order chi connectivity index (χ0) is 20.4. The van der Waals surface area contributed by atoms with E-state index in [-0.39, 0.29) is 0 Å². The smallest absolute Gasteiger partial charge is 0.191 e. The highest BCUT2D eigenvalue weighted by molar-refractivity contribution is 5.79. The van der Waals surface area contributed by atoms with Crippen molar-refractivity contribution in [2.45, 2.75) is 46.6 Å². The number of guanidine groups is 1. The van der Waals surface area contributed by atoms with Gasteiger partial charge in [0, 0.05) is 38.9 Å². The van der Waals surface area contributed by atoms with Crippen molar-refractivity contribution in [3.05, 3.63) is 47.3 Å². The molecule has 2 N–H and O–H groups in total. The number of nitrogens with zero attached hydrogens (tertiary/aromatic N) is 3. The Bertz CT molecular complexity index is 751. The summed E-state index contributed by atoms with van der Waals surface area (Å²) in [6.07, 6.45) is 7.10. The van der Waals surface area contributed by atoms with E-state index < -0.39 is 0 Å². The molecule has 2 aromatic rings. The highest BCUT2D eigenvalue weighted by Gasteiger charge is 2.07. The summed E-state index contributed by atoms with van der Waals surface area (Å²) in [5.41, 5.74) is 3.56. The molecule has 0 amide bonds. The number of rotatable bonds is 10. The number of benzene rings is 1. The first-order valence-electron chi connectivity index (χ1n) is 10.1. The Labute approximate surface area is 169 Å². The number of hydrogen-bond donors (Lipinski definition) is 2. The van der Waals surface area contributed by atoms with E-state index >= 15 is 0 Å². The fourth-order valence-electron chi connectivity index (χ4n) is 2.94. The van der Waals surface area contributed by atoms with Crippen LogP contribution in [0.25, 0.3) is 0 Å². The van der Waals surface area contributed by atoms with Crippen LogP contribution in [0.5, 0.6) is 5.75 Å². The third-order valence-electron chi connectivity index (χ3n) is 4.54. The van der Waals surface area contributed by atoms with Crippen molar-refractivity contribution in [3.8, 4) is 5.75 Å². The molecular weight excluding hydrogens is 350 g/mol. The Morgan fingerprint density at radius 2 is 2.11 bits per heavy atom. The molecule has 0 saturated heterocycles. The summed E-state index contributed by atoms with van der Waals surface area (Å²) in [6.45, 7) is 8.82. The molecule has 0 atom stereocenters. The molecule has 6 nitrogen and oxygen atoms in total. The molecule has 6 heteroatoms. The first-order chi connectivity index (χ1) is 13.5. The van der Waals surface area contributed by atoms with E-state index in [1.54, 1.807) is 7.05 Å². The lowest BCUT2D eigenvalue weighted by Gasteiger charge is -2.16. The molecule has 2 rings (SSSR count). The average molecular weight is 386 g/mol. The number of aromatic nitrogens is 2. The second kappa shape index (κ2) is 11.4. The lowest BCUT2D eigenvalue weighted by atomic mass is 10.1. The molecule has 0 saturated carbocycles. The maximum absolute atomic E-state index is 6.07. The lowest BCUT2D eigenvalue weighted by molar-refractivity contribution is 0.294. The Morgan fingerprint density at radius 1 is 1.29 bits per heavy atom. The van der Waals surface area contributed by atoms with Gasteiger partial charge in [0.25, 0.3) is 0 Å². The minimum atomic E-state index is 0.673. The highest BCUT2D eigenvalue weighted by atomic mass is 16.5. The molecule has 0 spiro atoms. The maximum atomic E-state index is 6.07. The molecule has 28 heavy (non-hydrogen) atoms. The van der Waals surface area contributed by atoms with Gasteiger partial charge in [-0.15, -0.1) is 0 Å². The van der Waals surface area contributed by atoms with E-state index in [0.29, 0.717) is 12.5 Å². The van der Waals surface area contributed by atoms with Crippen molar-refractivity contribution >= 4 is 5.96 Å². The van der Waals surface area contributed by atoms with Gasteiger partial charge in [-0.05, 0) is 49.3 Å². The quantitative estimate of drug-likeness (QED) is 0.374. The van der Waals surface area contributed by atoms with Crippen LogP contribution in [0.4, 0.5) is 0 Å². The number of nitrogens with one attached hydrogen (secondary N) is 2. The number of aliphatic imine (C=N–C) groups is 1. The van der Waals surface area contributed by atoms with Gasteiger partial charge in [-0.2, -0.15) is 5.10 Å². The first kappa shape index (κ1) is 21.8. The van der Waals surface area contributed by atoms with Gasteiger partial charge in [0.2, 0.25) is 0 Å². The van der Waals surface area contributed by atoms with Crippen LogP contribution < -0.4 is 15.4 Å². The minimum absolute atomic E-state index is 0.673. The van der Waals surface area contributed by atoms with E-state index in [1.165, 1.54) is 17.5 Å². The molecule has 0 fully saturated rings. The van der Waals surface area contributed by atoms with Gasteiger partial charge in [0.1, 0.15) is 5.75 Å². The van der Waals surface area contributed by atoms with Gasteiger partial charge in [-0.1, -0.05) is 26.0 Å². The van der Waals surface area contributed by atoms with Crippen LogP contribution in [0.2, 0.25) is 0 Å². The molecule has 0 aliphatic heterocycles. The standard InChI is InChI=1S/C22H35N5O/c1-17(2)7-6-12-28-21-13-18(3)8-9-20(21)15-25-22(23-4)24-11-10-19-14-26-27(5)16-19/h8-9,13-14,16-17H,6-7,10-12,15H2,1-5H3,(H2,23,24,25). The van der Waals surface area contributed by atoms with Crippen molar-refractivity contribution < 1.29 is 4.74 Å². The highest BCUT2D eigenvalue weighted by Crippen LogP contribution is 2.21. The molecule has 0 radical (unpaired) electrons. The summed E-state index contributed by atoms with van der Waals surface area (Å²) in [5.74, 6) is 2.46. The van der Waals surface area contributed by atoms with E-state index in [2.05, 4.69) is 59.7 Å². The van der Waals surface area contributed by atoms with Crippen LogP contribution in [0.1, 0.15) is 43.4 Å². The third kappa shape index (κ3) is 7.62. The van der Waals surface area contributed by atoms with Crippen molar-refractivity contribution in [1.29, 1.82) is 0 Å². The molecule has 0 bridgehead atoms. The predicted octanol–water partition coefficient (Wildman–Crippen LogP) is 3.45. The monoisotopic (exact) mass is 385 g/mol.